The average molecular weight is 259 g/mol. The second-order valence-electron chi connectivity index (χ2n) is 5.68. The summed E-state index contributed by atoms with van der Waals surface area (Å²) in [4.78, 5) is 11.9. The molecule has 0 spiro atoms. The molecule has 5 heteroatoms. The first kappa shape index (κ1) is 13.2. The number of nitrogens with zero attached hydrogens (tertiary/aromatic N) is 1. The lowest BCUT2D eigenvalue weighted by Crippen LogP contribution is -2.28. The van der Waals surface area contributed by atoms with Crippen LogP contribution in [0, 0.1) is 5.41 Å². The smallest absolute Gasteiger partial charge is 0.350 e. The Kier molecular flexibility index (Phi) is 3.03. The SMILES string of the molecule is CC1(C)CC(=O)c2ccn(CCC(F)(F)F)c2C1. The molecule has 0 fully saturated rings. The molecule has 0 unspecified atom stereocenters. The molecule has 0 N–H and O–H groups in total. The van der Waals surface area contributed by atoms with E-state index in [4.69, 9.17) is 0 Å². The average Bonchev–Trinajstić information content (AvgIpc) is 2.55. The summed E-state index contributed by atoms with van der Waals surface area (Å²) in [6.45, 7) is 3.83. The van der Waals surface area contributed by atoms with Gasteiger partial charge in [-0.3, -0.25) is 4.79 Å². The number of hydrogen-bond acceptors (Lipinski definition) is 1. The number of aryl methyl sites for hydroxylation is 1. The van der Waals surface area contributed by atoms with Crippen LogP contribution in [0.1, 0.15) is 42.7 Å². The Hall–Kier alpha value is -1.26. The number of Topliss-reactive ketones (excluding diaryl/α,β-unsaturated/α-hetero) is 1. The summed E-state index contributed by atoms with van der Waals surface area (Å²) in [6, 6.07) is 1.64. The summed E-state index contributed by atoms with van der Waals surface area (Å²) in [6.07, 6.45) is -2.31. The maximum absolute atomic E-state index is 12.2. The third-order valence-electron chi connectivity index (χ3n) is 3.30. The van der Waals surface area contributed by atoms with Gasteiger partial charge >= 0.3 is 6.18 Å². The number of rotatable bonds is 2. The Balaban J connectivity index is 2.23. The highest BCUT2D eigenvalue weighted by molar-refractivity contribution is 5.98. The molecular formula is C13H16F3NO. The highest BCUT2D eigenvalue weighted by Crippen LogP contribution is 2.35. The zero-order valence-electron chi connectivity index (χ0n) is 10.5. The van der Waals surface area contributed by atoms with Gasteiger partial charge in [0.25, 0.3) is 0 Å². The molecule has 1 aromatic heterocycles. The van der Waals surface area contributed by atoms with Crippen LogP contribution >= 0.6 is 0 Å². The fraction of sp³-hybridized carbons (Fsp3) is 0.615. The standard InChI is InChI=1S/C13H16F3NO/c1-12(2)7-10-9(11(18)8-12)3-5-17(10)6-4-13(14,15)16/h3,5H,4,6-8H2,1-2H3. The summed E-state index contributed by atoms with van der Waals surface area (Å²) in [5.74, 6) is 0.0343. The second-order valence-corrected chi connectivity index (χ2v) is 5.68. The molecular weight excluding hydrogens is 243 g/mol. The summed E-state index contributed by atoms with van der Waals surface area (Å²) < 4.78 is 38.3. The van der Waals surface area contributed by atoms with Gasteiger partial charge in [0.05, 0.1) is 6.42 Å². The largest absolute Gasteiger partial charge is 0.390 e. The van der Waals surface area contributed by atoms with Crippen molar-refractivity contribution >= 4 is 5.78 Å². The minimum atomic E-state index is -4.16. The quantitative estimate of drug-likeness (QED) is 0.795. The zero-order chi connectivity index (χ0) is 13.6. The van der Waals surface area contributed by atoms with E-state index in [-0.39, 0.29) is 17.7 Å². The van der Waals surface area contributed by atoms with E-state index in [2.05, 4.69) is 0 Å². The number of halogens is 3. The van der Waals surface area contributed by atoms with Gasteiger partial charge in [-0.2, -0.15) is 13.2 Å². The Morgan fingerprint density at radius 1 is 1.33 bits per heavy atom. The van der Waals surface area contributed by atoms with E-state index < -0.39 is 12.6 Å². The predicted molar refractivity (Wildman–Crippen MR) is 61.5 cm³/mol. The molecule has 0 atom stereocenters. The highest BCUT2D eigenvalue weighted by Gasteiger charge is 2.34. The van der Waals surface area contributed by atoms with Gasteiger partial charge in [0.1, 0.15) is 0 Å². The van der Waals surface area contributed by atoms with Crippen LogP contribution in [0.5, 0.6) is 0 Å². The number of alkyl halides is 3. The van der Waals surface area contributed by atoms with Crippen LogP contribution in [-0.4, -0.2) is 16.5 Å². The molecule has 0 amide bonds. The van der Waals surface area contributed by atoms with E-state index in [1.165, 1.54) is 0 Å². The predicted octanol–water partition coefficient (Wildman–Crippen LogP) is 3.60. The van der Waals surface area contributed by atoms with Crippen LogP contribution < -0.4 is 0 Å². The first-order chi connectivity index (χ1) is 8.18. The topological polar surface area (TPSA) is 22.0 Å². The maximum Gasteiger partial charge on any atom is 0.390 e. The van der Waals surface area contributed by atoms with Gasteiger partial charge in [0.15, 0.2) is 5.78 Å². The number of ketones is 1. The van der Waals surface area contributed by atoms with E-state index in [0.29, 0.717) is 18.4 Å². The fourth-order valence-electron chi connectivity index (χ4n) is 2.46. The maximum atomic E-state index is 12.2. The molecule has 0 aliphatic heterocycles. The van der Waals surface area contributed by atoms with Crippen LogP contribution in [0.4, 0.5) is 13.2 Å². The summed E-state index contributed by atoms with van der Waals surface area (Å²) in [5.41, 5.74) is 1.18. The van der Waals surface area contributed by atoms with Crippen molar-refractivity contribution in [1.82, 2.24) is 4.57 Å². The van der Waals surface area contributed by atoms with Crippen LogP contribution in [0.25, 0.3) is 0 Å². The summed E-state index contributed by atoms with van der Waals surface area (Å²) in [5, 5.41) is 0. The molecule has 0 bridgehead atoms. The van der Waals surface area contributed by atoms with Gasteiger partial charge in [-0.15, -0.1) is 0 Å². The van der Waals surface area contributed by atoms with Gasteiger partial charge in [-0.05, 0) is 17.9 Å². The van der Waals surface area contributed by atoms with E-state index in [1.807, 2.05) is 13.8 Å². The van der Waals surface area contributed by atoms with Crippen molar-refractivity contribution in [2.75, 3.05) is 0 Å². The lowest BCUT2D eigenvalue weighted by Gasteiger charge is -2.29. The molecule has 1 heterocycles. The Bertz CT molecular complexity index is 471. The van der Waals surface area contributed by atoms with Crippen molar-refractivity contribution in [2.24, 2.45) is 5.41 Å². The molecule has 2 nitrogen and oxygen atoms in total. The van der Waals surface area contributed by atoms with Crippen molar-refractivity contribution in [3.05, 3.63) is 23.5 Å². The van der Waals surface area contributed by atoms with Crippen molar-refractivity contribution in [1.29, 1.82) is 0 Å². The molecule has 1 aliphatic rings. The Morgan fingerprint density at radius 2 is 2.00 bits per heavy atom. The minimum Gasteiger partial charge on any atom is -0.350 e. The Morgan fingerprint density at radius 3 is 2.61 bits per heavy atom. The lowest BCUT2D eigenvalue weighted by molar-refractivity contribution is -0.136. The van der Waals surface area contributed by atoms with Gasteiger partial charge in [0.2, 0.25) is 0 Å². The molecule has 0 saturated carbocycles. The highest BCUT2D eigenvalue weighted by atomic mass is 19.4. The van der Waals surface area contributed by atoms with Crippen molar-refractivity contribution in [2.45, 2.75) is 45.8 Å². The number of fused-ring (bicyclic) bond motifs is 1. The second kappa shape index (κ2) is 4.14. The van der Waals surface area contributed by atoms with Crippen molar-refractivity contribution in [3.63, 3.8) is 0 Å². The molecule has 0 radical (unpaired) electrons. The van der Waals surface area contributed by atoms with Crippen LogP contribution in [0.2, 0.25) is 0 Å². The van der Waals surface area contributed by atoms with Crippen molar-refractivity contribution < 1.29 is 18.0 Å². The van der Waals surface area contributed by atoms with Gasteiger partial charge in [-0.1, -0.05) is 13.8 Å². The molecule has 2 rings (SSSR count). The van der Waals surface area contributed by atoms with Gasteiger partial charge < -0.3 is 4.57 Å². The normalized spacial score (nSPS) is 18.8. The third kappa shape index (κ3) is 2.76. The molecule has 100 valence electrons. The number of carbonyl (C=O) groups excluding carboxylic acids is 1. The number of hydrogen-bond donors (Lipinski definition) is 0. The third-order valence-corrected chi connectivity index (χ3v) is 3.30. The first-order valence-corrected chi connectivity index (χ1v) is 5.96. The van der Waals surface area contributed by atoms with E-state index >= 15 is 0 Å². The summed E-state index contributed by atoms with van der Waals surface area (Å²) in [7, 11) is 0. The van der Waals surface area contributed by atoms with Gasteiger partial charge in [-0.25, -0.2) is 0 Å². The number of aromatic nitrogens is 1. The molecule has 18 heavy (non-hydrogen) atoms. The first-order valence-electron chi connectivity index (χ1n) is 5.96. The molecule has 0 saturated heterocycles. The van der Waals surface area contributed by atoms with Crippen LogP contribution in [0.15, 0.2) is 12.3 Å². The zero-order valence-corrected chi connectivity index (χ0v) is 10.5. The Labute approximate surface area is 104 Å². The summed E-state index contributed by atoms with van der Waals surface area (Å²) >= 11 is 0. The fourth-order valence-corrected chi connectivity index (χ4v) is 2.46. The minimum absolute atomic E-state index is 0.0343. The monoisotopic (exact) mass is 259 g/mol. The number of carbonyl (C=O) groups is 1. The molecule has 1 aliphatic carbocycles. The van der Waals surface area contributed by atoms with E-state index in [9.17, 15) is 18.0 Å². The van der Waals surface area contributed by atoms with E-state index in [1.54, 1.807) is 16.8 Å². The molecule has 0 aromatic carbocycles. The van der Waals surface area contributed by atoms with Crippen LogP contribution in [0.3, 0.4) is 0 Å². The van der Waals surface area contributed by atoms with Crippen LogP contribution in [-0.2, 0) is 13.0 Å². The van der Waals surface area contributed by atoms with Gasteiger partial charge in [0, 0.05) is 30.4 Å². The van der Waals surface area contributed by atoms with E-state index in [0.717, 1.165) is 5.69 Å². The molecule has 1 aromatic rings. The van der Waals surface area contributed by atoms with Crippen molar-refractivity contribution in [3.8, 4) is 0 Å². The lowest BCUT2D eigenvalue weighted by atomic mass is 9.76.